The van der Waals surface area contributed by atoms with Crippen LogP contribution in [0.1, 0.15) is 5.56 Å². The highest BCUT2D eigenvalue weighted by atomic mass is 35.5. The number of hydrogen-bond donors (Lipinski definition) is 0. The van der Waals surface area contributed by atoms with E-state index < -0.39 is 5.82 Å². The van der Waals surface area contributed by atoms with Crippen molar-refractivity contribution in [3.05, 3.63) is 64.9 Å². The number of rotatable bonds is 3. The van der Waals surface area contributed by atoms with E-state index in [9.17, 15) is 4.39 Å². The summed E-state index contributed by atoms with van der Waals surface area (Å²) in [4.78, 5) is 0. The van der Waals surface area contributed by atoms with E-state index in [-0.39, 0.29) is 10.8 Å². The first-order chi connectivity index (χ1) is 7.77. The van der Waals surface area contributed by atoms with Gasteiger partial charge in [0, 0.05) is 0 Å². The van der Waals surface area contributed by atoms with Gasteiger partial charge in [0.05, 0.1) is 5.02 Å². The molecular weight excluding hydrogens is 227 g/mol. The second-order valence-corrected chi connectivity index (χ2v) is 3.73. The van der Waals surface area contributed by atoms with E-state index in [4.69, 9.17) is 16.3 Å². The van der Waals surface area contributed by atoms with Crippen LogP contribution in [0.25, 0.3) is 0 Å². The summed E-state index contributed by atoms with van der Waals surface area (Å²) in [5.41, 5.74) is 0.988. The Morgan fingerprint density at radius 2 is 1.75 bits per heavy atom. The molecule has 2 aromatic rings. The molecule has 0 saturated heterocycles. The Morgan fingerprint density at radius 3 is 2.50 bits per heavy atom. The Balaban J connectivity index is 2.08. The van der Waals surface area contributed by atoms with Gasteiger partial charge in [-0.3, -0.25) is 0 Å². The Kier molecular flexibility index (Phi) is 3.42. The Morgan fingerprint density at radius 1 is 1.00 bits per heavy atom. The van der Waals surface area contributed by atoms with Gasteiger partial charge in [-0.2, -0.15) is 0 Å². The lowest BCUT2D eigenvalue weighted by Gasteiger charge is -2.07. The molecule has 0 radical (unpaired) electrons. The summed E-state index contributed by atoms with van der Waals surface area (Å²) in [5.74, 6) is -0.337. The number of benzene rings is 2. The molecule has 0 aromatic heterocycles. The number of halogens is 2. The van der Waals surface area contributed by atoms with Crippen LogP contribution in [0.15, 0.2) is 48.5 Å². The summed E-state index contributed by atoms with van der Waals surface area (Å²) in [7, 11) is 0. The zero-order valence-corrected chi connectivity index (χ0v) is 9.25. The predicted octanol–water partition coefficient (Wildman–Crippen LogP) is 4.06. The van der Waals surface area contributed by atoms with E-state index in [1.807, 2.05) is 30.3 Å². The van der Waals surface area contributed by atoms with Crippen molar-refractivity contribution in [2.24, 2.45) is 0 Å². The predicted molar refractivity (Wildman–Crippen MR) is 62.2 cm³/mol. The van der Waals surface area contributed by atoms with Gasteiger partial charge in [0.15, 0.2) is 11.6 Å². The van der Waals surface area contributed by atoms with Crippen molar-refractivity contribution < 1.29 is 9.13 Å². The molecule has 16 heavy (non-hydrogen) atoms. The molecule has 0 aliphatic rings. The van der Waals surface area contributed by atoms with Gasteiger partial charge in [-0.05, 0) is 17.7 Å². The van der Waals surface area contributed by atoms with Gasteiger partial charge in [-0.15, -0.1) is 0 Å². The van der Waals surface area contributed by atoms with Crippen LogP contribution in [0.4, 0.5) is 4.39 Å². The molecule has 2 aromatic carbocycles. The molecule has 0 heterocycles. The topological polar surface area (TPSA) is 9.23 Å². The summed E-state index contributed by atoms with van der Waals surface area (Å²) in [5, 5.41) is 0.0746. The smallest absolute Gasteiger partial charge is 0.183 e. The van der Waals surface area contributed by atoms with Crippen molar-refractivity contribution in [3.63, 3.8) is 0 Å². The zero-order valence-electron chi connectivity index (χ0n) is 8.49. The third kappa shape index (κ3) is 2.52. The highest BCUT2D eigenvalue weighted by Crippen LogP contribution is 2.24. The van der Waals surface area contributed by atoms with Crippen LogP contribution >= 0.6 is 11.6 Å². The largest absolute Gasteiger partial charge is 0.486 e. The Labute approximate surface area is 98.4 Å². The lowest BCUT2D eigenvalue weighted by atomic mass is 10.2. The van der Waals surface area contributed by atoms with Gasteiger partial charge in [0.1, 0.15) is 6.61 Å². The average Bonchev–Trinajstić information content (AvgIpc) is 2.32. The number of ether oxygens (including phenoxy) is 1. The van der Waals surface area contributed by atoms with Gasteiger partial charge in [-0.1, -0.05) is 48.0 Å². The van der Waals surface area contributed by atoms with Gasteiger partial charge in [-0.25, -0.2) is 4.39 Å². The summed E-state index contributed by atoms with van der Waals surface area (Å²) in [6, 6.07) is 14.3. The van der Waals surface area contributed by atoms with E-state index >= 15 is 0 Å². The van der Waals surface area contributed by atoms with Gasteiger partial charge in [0.25, 0.3) is 0 Å². The molecule has 0 atom stereocenters. The normalized spacial score (nSPS) is 10.1. The first kappa shape index (κ1) is 11.0. The summed E-state index contributed by atoms with van der Waals surface area (Å²) < 4.78 is 18.8. The summed E-state index contributed by atoms with van der Waals surface area (Å²) >= 11 is 5.64. The van der Waals surface area contributed by atoms with Gasteiger partial charge in [0.2, 0.25) is 0 Å². The van der Waals surface area contributed by atoms with Crippen LogP contribution in [-0.4, -0.2) is 0 Å². The van der Waals surface area contributed by atoms with Gasteiger partial charge < -0.3 is 4.74 Å². The maximum absolute atomic E-state index is 13.4. The standard InChI is InChI=1S/C13H10ClFO/c14-11-7-4-8-12(13(11)15)16-9-10-5-2-1-3-6-10/h1-8H,9H2. The lowest BCUT2D eigenvalue weighted by Crippen LogP contribution is -1.97. The lowest BCUT2D eigenvalue weighted by molar-refractivity contribution is 0.290. The summed E-state index contributed by atoms with van der Waals surface area (Å²) in [6.45, 7) is 0.331. The maximum Gasteiger partial charge on any atom is 0.183 e. The molecule has 0 amide bonds. The molecule has 0 bridgehead atoms. The van der Waals surface area contributed by atoms with E-state index in [1.165, 1.54) is 6.07 Å². The van der Waals surface area contributed by atoms with Crippen LogP contribution in [-0.2, 0) is 6.61 Å². The fourth-order valence-corrected chi connectivity index (χ4v) is 1.50. The molecule has 2 rings (SSSR count). The molecule has 1 nitrogen and oxygen atoms in total. The van der Waals surface area contributed by atoms with Crippen molar-refractivity contribution >= 4 is 11.6 Å². The highest BCUT2D eigenvalue weighted by molar-refractivity contribution is 6.30. The molecule has 82 valence electrons. The molecular formula is C13H10ClFO. The molecule has 0 spiro atoms. The second-order valence-electron chi connectivity index (χ2n) is 3.33. The van der Waals surface area contributed by atoms with E-state index in [1.54, 1.807) is 12.1 Å². The SMILES string of the molecule is Fc1c(Cl)cccc1OCc1ccccc1. The molecule has 0 aliphatic carbocycles. The average molecular weight is 237 g/mol. The molecule has 0 aliphatic heterocycles. The molecule has 3 heteroatoms. The third-order valence-corrected chi connectivity index (χ3v) is 2.45. The van der Waals surface area contributed by atoms with Crippen molar-refractivity contribution in [1.82, 2.24) is 0 Å². The van der Waals surface area contributed by atoms with Crippen LogP contribution < -0.4 is 4.74 Å². The van der Waals surface area contributed by atoms with Crippen molar-refractivity contribution in [2.45, 2.75) is 6.61 Å². The monoisotopic (exact) mass is 236 g/mol. The minimum absolute atomic E-state index is 0.0746. The quantitative estimate of drug-likeness (QED) is 0.781. The molecule has 0 N–H and O–H groups in total. The van der Waals surface area contributed by atoms with Crippen molar-refractivity contribution in [3.8, 4) is 5.75 Å². The fourth-order valence-electron chi connectivity index (χ4n) is 1.33. The van der Waals surface area contributed by atoms with E-state index in [2.05, 4.69) is 0 Å². The minimum atomic E-state index is -0.514. The highest BCUT2D eigenvalue weighted by Gasteiger charge is 2.06. The van der Waals surface area contributed by atoms with Crippen molar-refractivity contribution in [1.29, 1.82) is 0 Å². The van der Waals surface area contributed by atoms with Crippen molar-refractivity contribution in [2.75, 3.05) is 0 Å². The first-order valence-corrected chi connectivity index (χ1v) is 5.26. The zero-order chi connectivity index (χ0) is 11.4. The molecule has 0 unspecified atom stereocenters. The van der Waals surface area contributed by atoms with Crippen LogP contribution in [0.3, 0.4) is 0 Å². The molecule has 0 saturated carbocycles. The van der Waals surface area contributed by atoms with Gasteiger partial charge >= 0.3 is 0 Å². The second kappa shape index (κ2) is 4.99. The van der Waals surface area contributed by atoms with E-state index in [0.717, 1.165) is 5.56 Å². The van der Waals surface area contributed by atoms with E-state index in [0.29, 0.717) is 6.61 Å². The van der Waals surface area contributed by atoms with Crippen LogP contribution in [0.5, 0.6) is 5.75 Å². The fraction of sp³-hybridized carbons (Fsp3) is 0.0769. The third-order valence-electron chi connectivity index (χ3n) is 2.15. The summed E-state index contributed by atoms with van der Waals surface area (Å²) in [6.07, 6.45) is 0. The minimum Gasteiger partial charge on any atom is -0.486 e. The first-order valence-electron chi connectivity index (χ1n) is 4.88. The Hall–Kier alpha value is -1.54. The van der Waals surface area contributed by atoms with Crippen LogP contribution in [0, 0.1) is 5.82 Å². The molecule has 0 fully saturated rings. The van der Waals surface area contributed by atoms with Crippen LogP contribution in [0.2, 0.25) is 5.02 Å². The Bertz CT molecular complexity index is 471. The number of hydrogen-bond acceptors (Lipinski definition) is 1. The maximum atomic E-state index is 13.4.